The number of ether oxygens (including phenoxy) is 4. The zero-order valence-corrected chi connectivity index (χ0v) is 24.0. The summed E-state index contributed by atoms with van der Waals surface area (Å²) in [5, 5.41) is 22.8. The second-order valence-electron chi connectivity index (χ2n) is 9.71. The molecule has 0 spiro atoms. The van der Waals surface area contributed by atoms with Gasteiger partial charge >= 0.3 is 0 Å². The summed E-state index contributed by atoms with van der Waals surface area (Å²) in [5.74, 6) is 0.405. The summed E-state index contributed by atoms with van der Waals surface area (Å²) >= 11 is 11.9. The van der Waals surface area contributed by atoms with Crippen LogP contribution in [0.4, 0.5) is 0 Å². The first-order chi connectivity index (χ1) is 20.1. The molecule has 0 saturated carbocycles. The van der Waals surface area contributed by atoms with Gasteiger partial charge < -0.3 is 29.3 Å². The lowest BCUT2D eigenvalue weighted by Gasteiger charge is -2.36. The van der Waals surface area contributed by atoms with Gasteiger partial charge in [-0.25, -0.2) is 0 Å². The normalized spacial score (nSPS) is 19.7. The second-order valence-corrected chi connectivity index (χ2v) is 10.6. The molecule has 2 atom stereocenters. The Morgan fingerprint density at radius 3 is 1.98 bits per heavy atom. The van der Waals surface area contributed by atoms with Gasteiger partial charge in [0.25, 0.3) is 5.56 Å². The first-order valence-electron chi connectivity index (χ1n) is 12.9. The van der Waals surface area contributed by atoms with Crippen LogP contribution in [0, 0.1) is 0 Å². The number of hydrogen-bond acceptors (Lipinski definition) is 7. The van der Waals surface area contributed by atoms with Crippen LogP contribution >= 0.6 is 23.2 Å². The molecule has 42 heavy (non-hydrogen) atoms. The molecule has 10 heteroatoms. The number of benzene rings is 3. The first-order valence-corrected chi connectivity index (χ1v) is 13.7. The Morgan fingerprint density at radius 2 is 1.33 bits per heavy atom. The molecule has 1 aliphatic carbocycles. The van der Waals surface area contributed by atoms with Gasteiger partial charge in [-0.15, -0.1) is 4.73 Å². The lowest BCUT2D eigenvalue weighted by molar-refractivity contribution is -0.156. The monoisotopic (exact) mass is 607 g/mol. The number of aromatic nitrogens is 1. The van der Waals surface area contributed by atoms with Crippen molar-refractivity contribution in [3.05, 3.63) is 141 Å². The van der Waals surface area contributed by atoms with E-state index in [9.17, 15) is 15.1 Å². The van der Waals surface area contributed by atoms with Gasteiger partial charge in [-0.05, 0) is 104 Å². The molecule has 0 fully saturated rings. The molecule has 2 N–H and O–H groups in total. The maximum Gasteiger partial charge on any atom is 0.283 e. The molecule has 1 aromatic heterocycles. The topological polar surface area (TPSA) is 99.4 Å². The minimum Gasteiger partial charge on any atom is -0.489 e. The highest BCUT2D eigenvalue weighted by Crippen LogP contribution is 2.34. The SMILES string of the molecule is CC1(Oc2ccc(Cl)cc2)C=CC(O)(OCc2cccc(=O)n2O)C(COc2ccc(Oc3ccc(Cl)cc3)cc2)=C1. The Kier molecular flexibility index (Phi) is 8.61. The average Bonchev–Trinajstić information content (AvgIpc) is 2.98. The van der Waals surface area contributed by atoms with E-state index in [1.165, 1.54) is 24.3 Å². The van der Waals surface area contributed by atoms with Gasteiger partial charge in [-0.3, -0.25) is 4.79 Å². The molecule has 0 bridgehead atoms. The van der Waals surface area contributed by atoms with E-state index in [2.05, 4.69) is 0 Å². The van der Waals surface area contributed by atoms with Crippen LogP contribution in [0.25, 0.3) is 0 Å². The van der Waals surface area contributed by atoms with Crippen LogP contribution in [0.5, 0.6) is 23.0 Å². The number of halogens is 2. The highest BCUT2D eigenvalue weighted by Gasteiger charge is 2.39. The van der Waals surface area contributed by atoms with Gasteiger partial charge in [-0.2, -0.15) is 0 Å². The molecular formula is C32H27Cl2NO7. The van der Waals surface area contributed by atoms with Crippen molar-refractivity contribution in [3.8, 4) is 23.0 Å². The smallest absolute Gasteiger partial charge is 0.283 e. The number of aliphatic hydroxyl groups is 1. The van der Waals surface area contributed by atoms with Gasteiger partial charge in [0.2, 0.25) is 5.79 Å². The van der Waals surface area contributed by atoms with Crippen molar-refractivity contribution in [3.63, 3.8) is 0 Å². The van der Waals surface area contributed by atoms with Crippen LogP contribution in [0.3, 0.4) is 0 Å². The van der Waals surface area contributed by atoms with E-state index >= 15 is 0 Å². The molecule has 0 amide bonds. The fraction of sp³-hybridized carbons (Fsp3) is 0.156. The summed E-state index contributed by atoms with van der Waals surface area (Å²) in [6.07, 6.45) is 4.81. The fourth-order valence-electron chi connectivity index (χ4n) is 4.21. The minimum atomic E-state index is -1.92. The molecule has 5 rings (SSSR count). The summed E-state index contributed by atoms with van der Waals surface area (Å²) in [4.78, 5) is 11.8. The molecule has 0 saturated heterocycles. The molecule has 216 valence electrons. The van der Waals surface area contributed by atoms with Crippen LogP contribution in [0.2, 0.25) is 10.0 Å². The van der Waals surface area contributed by atoms with Crippen LogP contribution in [-0.2, 0) is 11.3 Å². The highest BCUT2D eigenvalue weighted by atomic mass is 35.5. The molecule has 3 aromatic carbocycles. The van der Waals surface area contributed by atoms with Gasteiger partial charge in [0.05, 0.1) is 12.3 Å². The predicted molar refractivity (Wildman–Crippen MR) is 159 cm³/mol. The van der Waals surface area contributed by atoms with E-state index in [1.807, 2.05) is 6.92 Å². The molecule has 8 nitrogen and oxygen atoms in total. The lowest BCUT2D eigenvalue weighted by atomic mass is 9.90. The van der Waals surface area contributed by atoms with Crippen LogP contribution in [0.15, 0.2) is 120 Å². The minimum absolute atomic E-state index is 0.0709. The van der Waals surface area contributed by atoms with Crippen molar-refractivity contribution in [2.24, 2.45) is 0 Å². The molecule has 1 heterocycles. The molecule has 1 aliphatic rings. The zero-order chi connectivity index (χ0) is 29.7. The van der Waals surface area contributed by atoms with E-state index < -0.39 is 16.9 Å². The third-order valence-corrected chi connectivity index (χ3v) is 6.93. The average molecular weight is 608 g/mol. The Labute approximate surface area is 252 Å². The molecule has 4 aromatic rings. The van der Waals surface area contributed by atoms with E-state index in [0.29, 0.717) is 43.3 Å². The third kappa shape index (κ3) is 7.16. The Morgan fingerprint density at radius 1 is 0.762 bits per heavy atom. The lowest BCUT2D eigenvalue weighted by Crippen LogP contribution is -2.43. The van der Waals surface area contributed by atoms with E-state index in [0.717, 1.165) is 0 Å². The number of pyridine rings is 1. The van der Waals surface area contributed by atoms with Crippen molar-refractivity contribution in [1.29, 1.82) is 0 Å². The quantitative estimate of drug-likeness (QED) is 0.116. The van der Waals surface area contributed by atoms with Crippen LogP contribution in [-0.4, -0.2) is 33.0 Å². The largest absolute Gasteiger partial charge is 0.489 e. The summed E-state index contributed by atoms with van der Waals surface area (Å²) in [6, 6.07) is 25.1. The van der Waals surface area contributed by atoms with Crippen LogP contribution in [0.1, 0.15) is 12.6 Å². The zero-order valence-electron chi connectivity index (χ0n) is 22.4. The summed E-state index contributed by atoms with van der Waals surface area (Å²) in [5.41, 5.74) is -1.09. The molecule has 0 radical (unpaired) electrons. The summed E-state index contributed by atoms with van der Waals surface area (Å²) in [6.45, 7) is 1.48. The van der Waals surface area contributed by atoms with Gasteiger partial charge in [0.1, 0.15) is 35.2 Å². The molecule has 0 aliphatic heterocycles. The number of rotatable bonds is 10. The Balaban J connectivity index is 1.34. The fourth-order valence-corrected chi connectivity index (χ4v) is 4.46. The first kappa shape index (κ1) is 29.3. The van der Waals surface area contributed by atoms with Crippen molar-refractivity contribution < 1.29 is 29.3 Å². The van der Waals surface area contributed by atoms with Crippen molar-refractivity contribution in [2.45, 2.75) is 24.9 Å². The van der Waals surface area contributed by atoms with Crippen molar-refractivity contribution >= 4 is 23.2 Å². The maximum absolute atomic E-state index is 11.8. The van der Waals surface area contributed by atoms with E-state index in [-0.39, 0.29) is 18.9 Å². The summed E-state index contributed by atoms with van der Waals surface area (Å²) < 4.78 is 24.4. The number of hydrogen-bond donors (Lipinski definition) is 2. The van der Waals surface area contributed by atoms with Crippen LogP contribution < -0.4 is 19.8 Å². The van der Waals surface area contributed by atoms with Crippen molar-refractivity contribution in [2.75, 3.05) is 6.61 Å². The second kappa shape index (κ2) is 12.3. The Bertz CT molecular complexity index is 1650. The van der Waals surface area contributed by atoms with Gasteiger partial charge in [0, 0.05) is 21.7 Å². The van der Waals surface area contributed by atoms with Gasteiger partial charge in [0.15, 0.2) is 0 Å². The molecule has 2 unspecified atom stereocenters. The summed E-state index contributed by atoms with van der Waals surface area (Å²) in [7, 11) is 0. The maximum atomic E-state index is 11.8. The van der Waals surface area contributed by atoms with Crippen molar-refractivity contribution in [1.82, 2.24) is 4.73 Å². The molecular weight excluding hydrogens is 581 g/mol. The van der Waals surface area contributed by atoms with E-state index in [1.54, 1.807) is 84.9 Å². The third-order valence-electron chi connectivity index (χ3n) is 6.43. The van der Waals surface area contributed by atoms with Gasteiger partial charge in [-0.1, -0.05) is 29.3 Å². The predicted octanol–water partition coefficient (Wildman–Crippen LogP) is 6.80. The number of nitrogens with zero attached hydrogens (tertiary/aromatic N) is 1. The van der Waals surface area contributed by atoms with E-state index in [4.69, 9.17) is 42.1 Å². The highest BCUT2D eigenvalue weighted by molar-refractivity contribution is 6.30. The Hall–Kier alpha value is -4.21. The standard InChI is InChI=1S/C32H27Cl2NO7/c1-31(42-29-11-7-24(34)8-12-29)17-18-32(37,40-21-25-3-2-4-30(36)35(25)38)22(19-31)20-39-26-13-15-28(16-14-26)41-27-9-5-23(33)6-10-27/h2-19,37-38H,20-21H2,1H3.